The Bertz CT molecular complexity index is 770. The smallest absolute Gasteiger partial charge is 0.106 e. The van der Waals surface area contributed by atoms with Crippen LogP contribution in [0.15, 0.2) is 35.8 Å². The van der Waals surface area contributed by atoms with Crippen LogP contribution in [0.5, 0.6) is 0 Å². The number of nitrogens with zero attached hydrogens (tertiary/aromatic N) is 1. The predicted molar refractivity (Wildman–Crippen MR) is 88.4 cm³/mol. The largest absolute Gasteiger partial charge is 0.378 e. The average molecular weight is 344 g/mol. The highest BCUT2D eigenvalue weighted by atomic mass is 35.5. The van der Waals surface area contributed by atoms with Crippen molar-refractivity contribution in [3.05, 3.63) is 56.5 Å². The summed E-state index contributed by atoms with van der Waals surface area (Å²) in [4.78, 5) is 4.35. The van der Waals surface area contributed by atoms with Gasteiger partial charge in [-0.15, -0.1) is 11.3 Å². The van der Waals surface area contributed by atoms with Gasteiger partial charge in [0.25, 0.3) is 0 Å². The number of aromatic nitrogens is 1. The molecule has 6 heteroatoms. The monoisotopic (exact) mass is 342 g/mol. The van der Waals surface area contributed by atoms with E-state index in [4.69, 9.17) is 34.8 Å². The molecule has 102 valence electrons. The minimum absolute atomic E-state index is 0.545. The van der Waals surface area contributed by atoms with Crippen molar-refractivity contribution in [1.82, 2.24) is 4.98 Å². The fourth-order valence-corrected chi connectivity index (χ4v) is 3.14. The lowest BCUT2D eigenvalue weighted by molar-refractivity contribution is 1.15. The van der Waals surface area contributed by atoms with E-state index in [9.17, 15) is 0 Å². The van der Waals surface area contributed by atoms with Crippen LogP contribution < -0.4 is 5.32 Å². The molecule has 0 atom stereocenters. The Balaban J connectivity index is 1.88. The molecule has 0 fully saturated rings. The number of benzene rings is 2. The molecule has 0 bridgehead atoms. The Morgan fingerprint density at radius 1 is 1.00 bits per heavy atom. The van der Waals surface area contributed by atoms with Gasteiger partial charge in [-0.25, -0.2) is 4.98 Å². The Kier molecular flexibility index (Phi) is 4.03. The van der Waals surface area contributed by atoms with Crippen LogP contribution >= 0.6 is 46.1 Å². The van der Waals surface area contributed by atoms with Gasteiger partial charge in [0.2, 0.25) is 0 Å². The third kappa shape index (κ3) is 2.72. The van der Waals surface area contributed by atoms with Crippen LogP contribution in [0.3, 0.4) is 0 Å². The van der Waals surface area contributed by atoms with Gasteiger partial charge in [-0.05, 0) is 29.8 Å². The van der Waals surface area contributed by atoms with Gasteiger partial charge < -0.3 is 5.32 Å². The van der Waals surface area contributed by atoms with Gasteiger partial charge in [-0.1, -0.05) is 40.9 Å². The molecule has 0 amide bonds. The fourth-order valence-electron chi connectivity index (χ4n) is 1.91. The molecule has 0 radical (unpaired) electrons. The number of anilines is 1. The van der Waals surface area contributed by atoms with E-state index in [1.165, 1.54) is 0 Å². The van der Waals surface area contributed by atoms with Crippen molar-refractivity contribution in [3.8, 4) is 0 Å². The molecule has 0 unspecified atom stereocenters. The molecule has 1 aromatic heterocycles. The van der Waals surface area contributed by atoms with E-state index in [-0.39, 0.29) is 0 Å². The molecule has 0 aliphatic heterocycles. The van der Waals surface area contributed by atoms with Crippen LogP contribution in [0.4, 0.5) is 5.69 Å². The summed E-state index contributed by atoms with van der Waals surface area (Å²) in [5, 5.41) is 5.07. The average Bonchev–Trinajstić information content (AvgIpc) is 2.90. The van der Waals surface area contributed by atoms with E-state index in [0.29, 0.717) is 21.6 Å². The minimum Gasteiger partial charge on any atom is -0.378 e. The van der Waals surface area contributed by atoms with Gasteiger partial charge in [0, 0.05) is 6.54 Å². The van der Waals surface area contributed by atoms with E-state index < -0.39 is 0 Å². The summed E-state index contributed by atoms with van der Waals surface area (Å²) in [6.45, 7) is 0.604. The SMILES string of the molecule is Clc1ccc(CNc2c(Cl)ccc3scnc23)cc1Cl. The van der Waals surface area contributed by atoms with Gasteiger partial charge in [0.1, 0.15) is 5.52 Å². The van der Waals surface area contributed by atoms with Crippen LogP contribution in [0.1, 0.15) is 5.56 Å². The topological polar surface area (TPSA) is 24.9 Å². The van der Waals surface area contributed by atoms with Gasteiger partial charge >= 0.3 is 0 Å². The van der Waals surface area contributed by atoms with Crippen LogP contribution in [0.25, 0.3) is 10.2 Å². The molecule has 0 aliphatic carbocycles. The molecule has 0 aliphatic rings. The van der Waals surface area contributed by atoms with Crippen molar-refractivity contribution in [2.45, 2.75) is 6.54 Å². The first-order valence-electron chi connectivity index (χ1n) is 5.84. The number of halogens is 3. The molecule has 0 saturated heterocycles. The summed E-state index contributed by atoms with van der Waals surface area (Å²) < 4.78 is 1.10. The lowest BCUT2D eigenvalue weighted by Gasteiger charge is -2.10. The van der Waals surface area contributed by atoms with Gasteiger partial charge in [0.05, 0.1) is 31.0 Å². The van der Waals surface area contributed by atoms with Crippen LogP contribution in [-0.4, -0.2) is 4.98 Å². The number of fused-ring (bicyclic) bond motifs is 1. The van der Waals surface area contributed by atoms with E-state index in [1.807, 2.05) is 29.8 Å². The fraction of sp³-hybridized carbons (Fsp3) is 0.0714. The summed E-state index contributed by atoms with van der Waals surface area (Å²) in [7, 11) is 0. The van der Waals surface area contributed by atoms with E-state index >= 15 is 0 Å². The third-order valence-corrected chi connectivity index (χ3v) is 4.75. The van der Waals surface area contributed by atoms with Crippen molar-refractivity contribution >= 4 is 62.0 Å². The summed E-state index contributed by atoms with van der Waals surface area (Å²) >= 11 is 19.7. The zero-order chi connectivity index (χ0) is 14.1. The molecule has 2 aromatic carbocycles. The normalized spacial score (nSPS) is 10.9. The zero-order valence-electron chi connectivity index (χ0n) is 10.2. The van der Waals surface area contributed by atoms with Crippen LogP contribution in [0, 0.1) is 0 Å². The second kappa shape index (κ2) is 5.78. The van der Waals surface area contributed by atoms with Crippen molar-refractivity contribution < 1.29 is 0 Å². The Morgan fingerprint density at radius 2 is 1.80 bits per heavy atom. The first kappa shape index (κ1) is 14.0. The van der Waals surface area contributed by atoms with Crippen molar-refractivity contribution in [3.63, 3.8) is 0 Å². The Labute approximate surface area is 135 Å². The Hall–Kier alpha value is -1.00. The van der Waals surface area contributed by atoms with Gasteiger partial charge in [0.15, 0.2) is 0 Å². The number of hydrogen-bond acceptors (Lipinski definition) is 3. The number of nitrogens with one attached hydrogen (secondary N) is 1. The van der Waals surface area contributed by atoms with E-state index in [0.717, 1.165) is 21.5 Å². The zero-order valence-corrected chi connectivity index (χ0v) is 13.2. The molecule has 0 spiro atoms. The number of rotatable bonds is 3. The maximum atomic E-state index is 6.24. The molecule has 2 nitrogen and oxygen atoms in total. The first-order chi connectivity index (χ1) is 9.65. The molecule has 1 heterocycles. The summed E-state index contributed by atoms with van der Waals surface area (Å²) in [5.41, 5.74) is 4.58. The molecular formula is C14H9Cl3N2S. The molecule has 0 saturated carbocycles. The summed E-state index contributed by atoms with van der Waals surface area (Å²) in [5.74, 6) is 0. The molecule has 3 rings (SSSR count). The highest BCUT2D eigenvalue weighted by molar-refractivity contribution is 7.16. The molecule has 20 heavy (non-hydrogen) atoms. The molecule has 1 N–H and O–H groups in total. The second-order valence-electron chi connectivity index (χ2n) is 4.22. The maximum absolute atomic E-state index is 6.24. The molecule has 3 aromatic rings. The van der Waals surface area contributed by atoms with Gasteiger partial charge in [-0.3, -0.25) is 0 Å². The number of thiazole rings is 1. The lowest BCUT2D eigenvalue weighted by Crippen LogP contribution is -2.00. The third-order valence-electron chi connectivity index (χ3n) is 2.90. The van der Waals surface area contributed by atoms with Crippen LogP contribution in [-0.2, 0) is 6.54 Å². The lowest BCUT2D eigenvalue weighted by atomic mass is 10.2. The Morgan fingerprint density at radius 3 is 2.60 bits per heavy atom. The quantitative estimate of drug-likeness (QED) is 0.643. The number of hydrogen-bond donors (Lipinski definition) is 1. The van der Waals surface area contributed by atoms with E-state index in [2.05, 4.69) is 10.3 Å². The highest BCUT2D eigenvalue weighted by Gasteiger charge is 2.08. The van der Waals surface area contributed by atoms with Gasteiger partial charge in [-0.2, -0.15) is 0 Å². The predicted octanol–water partition coefficient (Wildman–Crippen LogP) is 5.87. The van der Waals surface area contributed by atoms with Crippen molar-refractivity contribution in [2.24, 2.45) is 0 Å². The van der Waals surface area contributed by atoms with Crippen molar-refractivity contribution in [2.75, 3.05) is 5.32 Å². The molecular weight excluding hydrogens is 335 g/mol. The first-order valence-corrected chi connectivity index (χ1v) is 7.86. The summed E-state index contributed by atoms with van der Waals surface area (Å²) in [6.07, 6.45) is 0. The maximum Gasteiger partial charge on any atom is 0.106 e. The second-order valence-corrected chi connectivity index (χ2v) is 6.33. The summed E-state index contributed by atoms with van der Waals surface area (Å²) in [6, 6.07) is 9.40. The standard InChI is InChI=1S/C14H9Cl3N2S/c15-9-2-1-8(5-11(9)17)6-18-13-10(16)3-4-12-14(13)19-7-20-12/h1-5,7,18H,6H2. The van der Waals surface area contributed by atoms with Crippen molar-refractivity contribution in [1.29, 1.82) is 0 Å². The minimum atomic E-state index is 0.545. The highest BCUT2D eigenvalue weighted by Crippen LogP contribution is 2.32. The van der Waals surface area contributed by atoms with Crippen LogP contribution in [0.2, 0.25) is 15.1 Å². The van der Waals surface area contributed by atoms with E-state index in [1.54, 1.807) is 17.4 Å².